The molecule has 0 aliphatic heterocycles. The maximum absolute atomic E-state index is 9.31. The van der Waals surface area contributed by atoms with Crippen LogP contribution in [0.5, 0.6) is 11.5 Å². The number of hydrogen-bond acceptors (Lipinski definition) is 2. The van der Waals surface area contributed by atoms with Gasteiger partial charge in [-0.2, -0.15) is 0 Å². The molecule has 0 aliphatic carbocycles. The van der Waals surface area contributed by atoms with E-state index in [-0.39, 0.29) is 11.9 Å². The Kier molecular flexibility index (Phi) is 5.17. The van der Waals surface area contributed by atoms with Crippen molar-refractivity contribution in [2.24, 2.45) is 5.92 Å². The predicted octanol–water partition coefficient (Wildman–Crippen LogP) is 3.99. The fourth-order valence-corrected chi connectivity index (χ4v) is 2.01. The lowest BCUT2D eigenvalue weighted by molar-refractivity contribution is 0.185. The SMILES string of the molecule is CCCC(C)CC(C)Oc1cccc(O)c1. The summed E-state index contributed by atoms with van der Waals surface area (Å²) in [4.78, 5) is 0. The zero-order valence-corrected chi connectivity index (χ0v) is 10.4. The number of hydrogen-bond donors (Lipinski definition) is 1. The molecule has 0 amide bonds. The van der Waals surface area contributed by atoms with Crippen LogP contribution in [-0.4, -0.2) is 11.2 Å². The molecule has 2 heteroatoms. The van der Waals surface area contributed by atoms with Crippen LogP contribution in [-0.2, 0) is 0 Å². The highest BCUT2D eigenvalue weighted by Gasteiger charge is 2.09. The van der Waals surface area contributed by atoms with Gasteiger partial charge in [0.05, 0.1) is 6.10 Å². The highest BCUT2D eigenvalue weighted by atomic mass is 16.5. The molecule has 2 atom stereocenters. The van der Waals surface area contributed by atoms with Crippen molar-refractivity contribution in [3.05, 3.63) is 24.3 Å². The van der Waals surface area contributed by atoms with Gasteiger partial charge in [-0.25, -0.2) is 0 Å². The summed E-state index contributed by atoms with van der Waals surface area (Å²) in [5, 5.41) is 9.31. The maximum atomic E-state index is 9.31. The Hall–Kier alpha value is -1.18. The van der Waals surface area contributed by atoms with Crippen LogP contribution in [0.15, 0.2) is 24.3 Å². The van der Waals surface area contributed by atoms with Gasteiger partial charge < -0.3 is 9.84 Å². The van der Waals surface area contributed by atoms with Crippen molar-refractivity contribution >= 4 is 0 Å². The van der Waals surface area contributed by atoms with Crippen molar-refractivity contribution in [3.8, 4) is 11.5 Å². The Labute approximate surface area is 98.3 Å². The molecule has 2 unspecified atom stereocenters. The third-order valence-electron chi connectivity index (χ3n) is 2.67. The van der Waals surface area contributed by atoms with Crippen LogP contribution in [0.1, 0.15) is 40.0 Å². The Morgan fingerprint density at radius 1 is 1.31 bits per heavy atom. The minimum absolute atomic E-state index is 0.198. The molecular weight excluding hydrogens is 200 g/mol. The largest absolute Gasteiger partial charge is 0.508 e. The Morgan fingerprint density at radius 2 is 2.06 bits per heavy atom. The second-order valence-corrected chi connectivity index (χ2v) is 4.56. The molecule has 0 aromatic heterocycles. The number of ether oxygens (including phenoxy) is 1. The summed E-state index contributed by atoms with van der Waals surface area (Å²) in [6.07, 6.45) is 3.72. The standard InChI is InChI=1S/C14H22O2/c1-4-6-11(2)9-12(3)16-14-8-5-7-13(15)10-14/h5,7-8,10-12,15H,4,6,9H2,1-3H3. The lowest BCUT2D eigenvalue weighted by Gasteiger charge is -2.18. The molecule has 0 saturated heterocycles. The molecule has 0 fully saturated rings. The molecule has 2 nitrogen and oxygen atoms in total. The monoisotopic (exact) mass is 222 g/mol. The molecule has 0 radical (unpaired) electrons. The molecule has 1 rings (SSSR count). The molecule has 1 aromatic carbocycles. The average Bonchev–Trinajstić information content (AvgIpc) is 2.17. The second-order valence-electron chi connectivity index (χ2n) is 4.56. The molecule has 90 valence electrons. The van der Waals surface area contributed by atoms with Crippen molar-refractivity contribution in [2.75, 3.05) is 0 Å². The van der Waals surface area contributed by atoms with Crippen molar-refractivity contribution < 1.29 is 9.84 Å². The van der Waals surface area contributed by atoms with Crippen LogP contribution in [0.4, 0.5) is 0 Å². The molecule has 0 spiro atoms. The van der Waals surface area contributed by atoms with Crippen LogP contribution >= 0.6 is 0 Å². The van der Waals surface area contributed by atoms with Gasteiger partial charge in [0, 0.05) is 6.07 Å². The number of aromatic hydroxyl groups is 1. The van der Waals surface area contributed by atoms with E-state index in [4.69, 9.17) is 4.74 Å². The van der Waals surface area contributed by atoms with Gasteiger partial charge in [0.15, 0.2) is 0 Å². The van der Waals surface area contributed by atoms with E-state index in [9.17, 15) is 5.11 Å². The average molecular weight is 222 g/mol. The quantitative estimate of drug-likeness (QED) is 0.788. The number of phenols is 1. The first-order valence-electron chi connectivity index (χ1n) is 6.07. The highest BCUT2D eigenvalue weighted by Crippen LogP contribution is 2.21. The van der Waals surface area contributed by atoms with Gasteiger partial charge in [-0.15, -0.1) is 0 Å². The molecule has 0 heterocycles. The molecular formula is C14H22O2. The molecule has 0 bridgehead atoms. The summed E-state index contributed by atoms with van der Waals surface area (Å²) in [6.45, 7) is 6.54. The lowest BCUT2D eigenvalue weighted by atomic mass is 9.99. The minimum Gasteiger partial charge on any atom is -0.508 e. The summed E-state index contributed by atoms with van der Waals surface area (Å²) < 4.78 is 5.75. The van der Waals surface area contributed by atoms with Crippen molar-refractivity contribution in [3.63, 3.8) is 0 Å². The Morgan fingerprint density at radius 3 is 2.69 bits per heavy atom. The van der Waals surface area contributed by atoms with E-state index in [0.717, 1.165) is 12.2 Å². The van der Waals surface area contributed by atoms with Gasteiger partial charge in [0.1, 0.15) is 11.5 Å². The summed E-state index contributed by atoms with van der Waals surface area (Å²) in [5.74, 6) is 1.69. The van der Waals surface area contributed by atoms with Gasteiger partial charge in [-0.1, -0.05) is 32.8 Å². The number of phenolic OH excluding ortho intramolecular Hbond substituents is 1. The number of rotatable bonds is 6. The van der Waals surface area contributed by atoms with E-state index in [1.54, 1.807) is 18.2 Å². The van der Waals surface area contributed by atoms with Gasteiger partial charge in [-0.05, 0) is 31.4 Å². The first kappa shape index (κ1) is 12.9. The Balaban J connectivity index is 2.42. The zero-order valence-electron chi connectivity index (χ0n) is 10.4. The lowest BCUT2D eigenvalue weighted by Crippen LogP contribution is -2.15. The summed E-state index contributed by atoms with van der Waals surface area (Å²) in [7, 11) is 0. The second kappa shape index (κ2) is 6.41. The van der Waals surface area contributed by atoms with Gasteiger partial charge >= 0.3 is 0 Å². The van der Waals surface area contributed by atoms with Crippen molar-refractivity contribution in [1.82, 2.24) is 0 Å². The van der Waals surface area contributed by atoms with E-state index in [1.807, 2.05) is 6.07 Å². The molecule has 0 saturated carbocycles. The van der Waals surface area contributed by atoms with Gasteiger partial charge in [0.2, 0.25) is 0 Å². The fraction of sp³-hybridized carbons (Fsp3) is 0.571. The van der Waals surface area contributed by atoms with Crippen LogP contribution in [0.25, 0.3) is 0 Å². The third-order valence-corrected chi connectivity index (χ3v) is 2.67. The van der Waals surface area contributed by atoms with E-state index in [1.165, 1.54) is 12.8 Å². The predicted molar refractivity (Wildman–Crippen MR) is 66.9 cm³/mol. The van der Waals surface area contributed by atoms with Gasteiger partial charge in [0.25, 0.3) is 0 Å². The van der Waals surface area contributed by atoms with Crippen LogP contribution < -0.4 is 4.74 Å². The Bertz CT molecular complexity index is 309. The fourth-order valence-electron chi connectivity index (χ4n) is 2.01. The van der Waals surface area contributed by atoms with Crippen LogP contribution in [0, 0.1) is 5.92 Å². The molecule has 16 heavy (non-hydrogen) atoms. The summed E-state index contributed by atoms with van der Waals surface area (Å²) in [6, 6.07) is 6.98. The molecule has 0 aliphatic rings. The topological polar surface area (TPSA) is 29.5 Å². The van der Waals surface area contributed by atoms with Crippen molar-refractivity contribution in [2.45, 2.75) is 46.1 Å². The maximum Gasteiger partial charge on any atom is 0.123 e. The van der Waals surface area contributed by atoms with E-state index < -0.39 is 0 Å². The van der Waals surface area contributed by atoms with Crippen molar-refractivity contribution in [1.29, 1.82) is 0 Å². The first-order chi connectivity index (χ1) is 7.61. The summed E-state index contributed by atoms with van der Waals surface area (Å²) >= 11 is 0. The smallest absolute Gasteiger partial charge is 0.123 e. The molecule has 1 aromatic rings. The van der Waals surface area contributed by atoms with E-state index >= 15 is 0 Å². The van der Waals surface area contributed by atoms with Crippen LogP contribution in [0.3, 0.4) is 0 Å². The van der Waals surface area contributed by atoms with Crippen LogP contribution in [0.2, 0.25) is 0 Å². The highest BCUT2D eigenvalue weighted by molar-refractivity contribution is 5.31. The van der Waals surface area contributed by atoms with Gasteiger partial charge in [-0.3, -0.25) is 0 Å². The minimum atomic E-state index is 0.198. The third kappa shape index (κ3) is 4.56. The molecule has 1 N–H and O–H groups in total. The first-order valence-corrected chi connectivity index (χ1v) is 6.07. The van der Waals surface area contributed by atoms with E-state index in [2.05, 4.69) is 20.8 Å². The normalized spacial score (nSPS) is 14.4. The number of benzene rings is 1. The van der Waals surface area contributed by atoms with E-state index in [0.29, 0.717) is 5.92 Å². The summed E-state index contributed by atoms with van der Waals surface area (Å²) in [5.41, 5.74) is 0. The zero-order chi connectivity index (χ0) is 12.0.